The molecule has 3 aromatic heterocycles. The van der Waals surface area contributed by atoms with Crippen molar-refractivity contribution in [3.63, 3.8) is 0 Å². The third-order valence-corrected chi connectivity index (χ3v) is 5.21. The standard InChI is InChI=1S/C19H14N4O2S/c1-19(2,18(24)25)26-17-5-6-22-10-14(17)15-4-3-13(9-21)16-7-12(8-20)11-23(15)16/h3-7,10-11H,1-2H3,(H,24,25). The minimum atomic E-state index is -1.02. The molecule has 0 aliphatic carbocycles. The summed E-state index contributed by atoms with van der Waals surface area (Å²) < 4.78 is 0.752. The summed E-state index contributed by atoms with van der Waals surface area (Å²) in [7, 11) is 0. The monoisotopic (exact) mass is 362 g/mol. The number of fused-ring (bicyclic) bond motifs is 1. The summed E-state index contributed by atoms with van der Waals surface area (Å²) in [4.78, 5) is 16.4. The van der Waals surface area contributed by atoms with Gasteiger partial charge in [0.1, 0.15) is 16.9 Å². The number of aliphatic carboxylic acids is 1. The minimum Gasteiger partial charge on any atom is -0.480 e. The highest BCUT2D eigenvalue weighted by atomic mass is 32.2. The molecule has 0 aliphatic rings. The Balaban J connectivity index is 2.23. The average Bonchev–Trinajstić information content (AvgIpc) is 3.05. The number of nitrogens with zero attached hydrogens (tertiary/aromatic N) is 4. The maximum Gasteiger partial charge on any atom is 0.319 e. The molecular formula is C19H14N4O2S. The van der Waals surface area contributed by atoms with Gasteiger partial charge < -0.3 is 9.51 Å². The molecule has 3 heterocycles. The van der Waals surface area contributed by atoms with Gasteiger partial charge in [-0.1, -0.05) is 0 Å². The summed E-state index contributed by atoms with van der Waals surface area (Å²) in [6, 6.07) is 11.1. The molecule has 128 valence electrons. The van der Waals surface area contributed by atoms with Crippen molar-refractivity contribution in [2.75, 3.05) is 0 Å². The first-order valence-electron chi connectivity index (χ1n) is 7.69. The molecule has 0 bridgehead atoms. The topological polar surface area (TPSA) is 102 Å². The molecule has 7 heteroatoms. The van der Waals surface area contributed by atoms with E-state index in [-0.39, 0.29) is 0 Å². The number of hydrogen-bond donors (Lipinski definition) is 1. The predicted octanol–water partition coefficient (Wildman–Crippen LogP) is 3.70. The van der Waals surface area contributed by atoms with Crippen LogP contribution in [0.1, 0.15) is 25.0 Å². The second-order valence-electron chi connectivity index (χ2n) is 6.13. The SMILES string of the molecule is CC(C)(Sc1ccncc1-c1ccc(C#N)c2cc(C#N)cn12)C(=O)O. The Morgan fingerprint density at radius 1 is 1.27 bits per heavy atom. The third-order valence-electron chi connectivity index (χ3n) is 3.95. The number of nitriles is 2. The van der Waals surface area contributed by atoms with Crippen LogP contribution < -0.4 is 0 Å². The van der Waals surface area contributed by atoms with E-state index in [1.807, 2.05) is 0 Å². The maximum atomic E-state index is 11.5. The fourth-order valence-corrected chi connectivity index (χ4v) is 3.59. The van der Waals surface area contributed by atoms with Crippen LogP contribution in [0.15, 0.2) is 47.8 Å². The molecule has 1 N–H and O–H groups in total. The van der Waals surface area contributed by atoms with Gasteiger partial charge >= 0.3 is 5.97 Å². The van der Waals surface area contributed by atoms with E-state index >= 15 is 0 Å². The van der Waals surface area contributed by atoms with Gasteiger partial charge in [-0.05, 0) is 38.1 Å². The van der Waals surface area contributed by atoms with E-state index in [1.165, 1.54) is 11.8 Å². The molecule has 0 radical (unpaired) electrons. The predicted molar refractivity (Wildman–Crippen MR) is 97.6 cm³/mol. The van der Waals surface area contributed by atoms with Crippen molar-refractivity contribution in [2.24, 2.45) is 0 Å². The summed E-state index contributed by atoms with van der Waals surface area (Å²) in [5.41, 5.74) is 3.00. The second kappa shape index (κ2) is 6.55. The lowest BCUT2D eigenvalue weighted by molar-refractivity contribution is -0.138. The van der Waals surface area contributed by atoms with Gasteiger partial charge in [0, 0.05) is 29.0 Å². The second-order valence-corrected chi connectivity index (χ2v) is 7.79. The number of carbonyl (C=O) groups is 1. The number of rotatable bonds is 4. The molecule has 0 aliphatic heterocycles. The van der Waals surface area contributed by atoms with E-state index in [0.717, 1.165) is 16.2 Å². The fraction of sp³-hybridized carbons (Fsp3) is 0.158. The van der Waals surface area contributed by atoms with Gasteiger partial charge in [0.25, 0.3) is 0 Å². The van der Waals surface area contributed by atoms with Crippen LogP contribution in [0.4, 0.5) is 0 Å². The van der Waals surface area contributed by atoms with Crippen LogP contribution in [0.5, 0.6) is 0 Å². The third kappa shape index (κ3) is 3.01. The molecule has 6 nitrogen and oxygen atoms in total. The maximum absolute atomic E-state index is 11.5. The Hall–Kier alpha value is -3.29. The number of carboxylic acids is 1. The van der Waals surface area contributed by atoms with E-state index in [0.29, 0.717) is 16.6 Å². The van der Waals surface area contributed by atoms with Gasteiger partial charge in [-0.15, -0.1) is 11.8 Å². The highest BCUT2D eigenvalue weighted by Crippen LogP contribution is 2.39. The minimum absolute atomic E-state index is 0.443. The van der Waals surface area contributed by atoms with Crippen molar-refractivity contribution < 1.29 is 9.90 Å². The molecule has 0 fully saturated rings. The molecule has 0 saturated heterocycles. The van der Waals surface area contributed by atoms with Gasteiger partial charge in [0.05, 0.1) is 22.3 Å². The van der Waals surface area contributed by atoms with Crippen LogP contribution in [0.25, 0.3) is 16.8 Å². The first-order valence-corrected chi connectivity index (χ1v) is 8.51. The zero-order valence-corrected chi connectivity index (χ0v) is 14.9. The molecule has 3 rings (SSSR count). The Morgan fingerprint density at radius 2 is 2.04 bits per heavy atom. The summed E-state index contributed by atoms with van der Waals surface area (Å²) >= 11 is 1.22. The zero-order chi connectivity index (χ0) is 18.9. The lowest BCUT2D eigenvalue weighted by atomic mass is 10.1. The molecule has 0 spiro atoms. The van der Waals surface area contributed by atoms with Gasteiger partial charge in [0.15, 0.2) is 0 Å². The van der Waals surface area contributed by atoms with Crippen LogP contribution in [0.3, 0.4) is 0 Å². The smallest absolute Gasteiger partial charge is 0.319 e. The number of pyridine rings is 2. The van der Waals surface area contributed by atoms with E-state index in [4.69, 9.17) is 0 Å². The van der Waals surface area contributed by atoms with Crippen LogP contribution in [-0.2, 0) is 4.79 Å². The summed E-state index contributed by atoms with van der Waals surface area (Å²) in [5.74, 6) is -0.914. The molecule has 0 aromatic carbocycles. The van der Waals surface area contributed by atoms with Crippen molar-refractivity contribution >= 4 is 23.2 Å². The van der Waals surface area contributed by atoms with Gasteiger partial charge in [0.2, 0.25) is 0 Å². The quantitative estimate of drug-likeness (QED) is 0.710. The van der Waals surface area contributed by atoms with Crippen LogP contribution >= 0.6 is 11.8 Å². The molecule has 0 unspecified atom stereocenters. The lowest BCUT2D eigenvalue weighted by Gasteiger charge is -2.20. The lowest BCUT2D eigenvalue weighted by Crippen LogP contribution is -2.27. The zero-order valence-electron chi connectivity index (χ0n) is 14.1. The average molecular weight is 362 g/mol. The van der Waals surface area contributed by atoms with E-state index in [1.54, 1.807) is 61.1 Å². The highest BCUT2D eigenvalue weighted by molar-refractivity contribution is 8.01. The van der Waals surface area contributed by atoms with E-state index < -0.39 is 10.7 Å². The molecule has 3 aromatic rings. The molecule has 0 amide bonds. The first kappa shape index (κ1) is 17.5. The van der Waals surface area contributed by atoms with Crippen LogP contribution in [0, 0.1) is 22.7 Å². The number of thioether (sulfide) groups is 1. The van der Waals surface area contributed by atoms with E-state index in [2.05, 4.69) is 17.1 Å². The van der Waals surface area contributed by atoms with E-state index in [9.17, 15) is 20.4 Å². The Kier molecular flexibility index (Phi) is 4.41. The summed E-state index contributed by atoms with van der Waals surface area (Å²) in [6.45, 7) is 3.28. The highest BCUT2D eigenvalue weighted by Gasteiger charge is 2.29. The van der Waals surface area contributed by atoms with Crippen LogP contribution in [-0.4, -0.2) is 25.2 Å². The Labute approximate surface area is 154 Å². The largest absolute Gasteiger partial charge is 0.480 e. The van der Waals surface area contributed by atoms with Crippen molar-refractivity contribution in [3.8, 4) is 23.4 Å². The van der Waals surface area contributed by atoms with Crippen LogP contribution in [0.2, 0.25) is 0 Å². The van der Waals surface area contributed by atoms with Crippen molar-refractivity contribution in [1.82, 2.24) is 9.38 Å². The summed E-state index contributed by atoms with van der Waals surface area (Å²) in [5, 5.41) is 27.9. The fourth-order valence-electron chi connectivity index (χ4n) is 2.55. The first-order chi connectivity index (χ1) is 12.4. The number of carboxylic acid groups (broad SMARTS) is 1. The van der Waals surface area contributed by atoms with Crippen molar-refractivity contribution in [2.45, 2.75) is 23.5 Å². The molecule has 0 saturated carbocycles. The normalized spacial score (nSPS) is 11.1. The van der Waals surface area contributed by atoms with Gasteiger partial charge in [-0.3, -0.25) is 9.78 Å². The van der Waals surface area contributed by atoms with Gasteiger partial charge in [-0.25, -0.2) is 0 Å². The van der Waals surface area contributed by atoms with Crippen molar-refractivity contribution in [3.05, 3.63) is 54.0 Å². The number of hydrogen-bond acceptors (Lipinski definition) is 5. The van der Waals surface area contributed by atoms with Gasteiger partial charge in [-0.2, -0.15) is 10.5 Å². The Morgan fingerprint density at radius 3 is 2.69 bits per heavy atom. The number of aromatic nitrogens is 2. The molecular weight excluding hydrogens is 348 g/mol. The summed E-state index contributed by atoms with van der Waals surface area (Å²) in [6.07, 6.45) is 4.93. The Bertz CT molecular complexity index is 1100. The molecule has 26 heavy (non-hydrogen) atoms. The molecule has 0 atom stereocenters. The van der Waals surface area contributed by atoms with Crippen molar-refractivity contribution in [1.29, 1.82) is 10.5 Å².